The summed E-state index contributed by atoms with van der Waals surface area (Å²) < 4.78 is 44.6. The predicted molar refractivity (Wildman–Crippen MR) is 68.8 cm³/mol. The van der Waals surface area contributed by atoms with Crippen LogP contribution in [0.1, 0.15) is 22.7 Å². The molecule has 2 rings (SSSR count). The molecule has 0 aliphatic carbocycles. The van der Waals surface area contributed by atoms with Crippen LogP contribution in [0.4, 0.5) is 13.2 Å². The third kappa shape index (κ3) is 3.01. The Balaban J connectivity index is 2.55. The molecule has 0 fully saturated rings. The van der Waals surface area contributed by atoms with Crippen LogP contribution in [0.5, 0.6) is 0 Å². The molecule has 1 heterocycles. The molecule has 2 aromatic rings. The van der Waals surface area contributed by atoms with Gasteiger partial charge in [-0.2, -0.15) is 13.2 Å². The van der Waals surface area contributed by atoms with Gasteiger partial charge in [-0.3, -0.25) is 0 Å². The van der Waals surface area contributed by atoms with E-state index in [-0.39, 0.29) is 5.56 Å². The number of benzene rings is 1. The molecule has 0 saturated heterocycles. The van der Waals surface area contributed by atoms with Gasteiger partial charge in [0.1, 0.15) is 0 Å². The predicted octanol–water partition coefficient (Wildman–Crippen LogP) is 4.37. The molecule has 1 aromatic heterocycles. The Hall–Kier alpha value is -1.27. The van der Waals surface area contributed by atoms with Crippen LogP contribution in [0.2, 0.25) is 0 Å². The number of hydrogen-bond donors (Lipinski definition) is 1. The first-order chi connectivity index (χ1) is 8.93. The number of furan rings is 1. The van der Waals surface area contributed by atoms with E-state index >= 15 is 0 Å². The van der Waals surface area contributed by atoms with E-state index in [1.807, 2.05) is 0 Å². The number of halogens is 4. The van der Waals surface area contributed by atoms with Crippen molar-refractivity contribution in [3.05, 3.63) is 58.0 Å². The topological polar surface area (TPSA) is 25.2 Å². The monoisotopic (exact) mass is 333 g/mol. The number of nitrogens with one attached hydrogen (secondary N) is 1. The van der Waals surface area contributed by atoms with Crippen LogP contribution in [-0.4, -0.2) is 7.05 Å². The van der Waals surface area contributed by atoms with Gasteiger partial charge in [0.25, 0.3) is 0 Å². The molecule has 0 aliphatic heterocycles. The van der Waals surface area contributed by atoms with Crippen molar-refractivity contribution in [2.75, 3.05) is 7.05 Å². The highest BCUT2D eigenvalue weighted by Gasteiger charge is 2.35. The molecular weight excluding hydrogens is 323 g/mol. The highest BCUT2D eigenvalue weighted by molar-refractivity contribution is 9.10. The van der Waals surface area contributed by atoms with E-state index < -0.39 is 17.8 Å². The van der Waals surface area contributed by atoms with Gasteiger partial charge in [-0.1, -0.05) is 22.0 Å². The number of hydrogen-bond acceptors (Lipinski definition) is 2. The molecule has 0 bridgehead atoms. The lowest BCUT2D eigenvalue weighted by molar-refractivity contribution is -0.138. The maximum absolute atomic E-state index is 13.1. The van der Waals surface area contributed by atoms with Gasteiger partial charge < -0.3 is 9.73 Å². The quantitative estimate of drug-likeness (QED) is 0.902. The summed E-state index contributed by atoms with van der Waals surface area (Å²) in [5.74, 6) is 0. The lowest BCUT2D eigenvalue weighted by Crippen LogP contribution is -2.21. The largest absolute Gasteiger partial charge is 0.472 e. The fourth-order valence-corrected chi connectivity index (χ4v) is 2.33. The zero-order chi connectivity index (χ0) is 14.0. The fourth-order valence-electron chi connectivity index (χ4n) is 1.97. The van der Waals surface area contributed by atoms with E-state index in [1.165, 1.54) is 18.6 Å². The van der Waals surface area contributed by atoms with Crippen LogP contribution in [0.25, 0.3) is 0 Å². The zero-order valence-corrected chi connectivity index (χ0v) is 11.5. The smallest absolute Gasteiger partial charge is 0.416 e. The standard InChI is InChI=1S/C13H11BrF3NO/c1-18-12(8-4-5-19-7-8)10-3-2-9(14)6-11(10)13(15,16)17/h2-7,12,18H,1H3. The van der Waals surface area contributed by atoms with Crippen LogP contribution in [0, 0.1) is 0 Å². The van der Waals surface area contributed by atoms with Crippen molar-refractivity contribution < 1.29 is 17.6 Å². The van der Waals surface area contributed by atoms with E-state index in [9.17, 15) is 13.2 Å². The van der Waals surface area contributed by atoms with Crippen molar-refractivity contribution in [2.24, 2.45) is 0 Å². The van der Waals surface area contributed by atoms with Gasteiger partial charge in [0.15, 0.2) is 0 Å². The third-order valence-corrected chi connectivity index (χ3v) is 3.29. The van der Waals surface area contributed by atoms with Gasteiger partial charge in [0.2, 0.25) is 0 Å². The van der Waals surface area contributed by atoms with Gasteiger partial charge in [-0.15, -0.1) is 0 Å². The molecule has 0 saturated carbocycles. The molecule has 1 atom stereocenters. The Morgan fingerprint density at radius 1 is 1.26 bits per heavy atom. The van der Waals surface area contributed by atoms with Crippen LogP contribution in [0.3, 0.4) is 0 Å². The molecule has 1 N–H and O–H groups in total. The van der Waals surface area contributed by atoms with Crippen molar-refractivity contribution in [2.45, 2.75) is 12.2 Å². The first kappa shape index (κ1) is 14.1. The van der Waals surface area contributed by atoms with Crippen molar-refractivity contribution in [3.63, 3.8) is 0 Å². The molecule has 102 valence electrons. The summed E-state index contributed by atoms with van der Waals surface area (Å²) in [6.45, 7) is 0. The van der Waals surface area contributed by atoms with Crippen LogP contribution < -0.4 is 5.32 Å². The Morgan fingerprint density at radius 2 is 2.00 bits per heavy atom. The minimum absolute atomic E-state index is 0.166. The molecular formula is C13H11BrF3NO. The summed E-state index contributed by atoms with van der Waals surface area (Å²) in [6.07, 6.45) is -1.53. The first-order valence-electron chi connectivity index (χ1n) is 5.49. The second-order valence-corrected chi connectivity index (χ2v) is 4.92. The molecule has 0 radical (unpaired) electrons. The highest BCUT2D eigenvalue weighted by Crippen LogP contribution is 2.38. The Kier molecular flexibility index (Phi) is 4.01. The van der Waals surface area contributed by atoms with Crippen molar-refractivity contribution in [3.8, 4) is 0 Å². The normalized spacial score (nSPS) is 13.5. The van der Waals surface area contributed by atoms with Gasteiger partial charge in [-0.25, -0.2) is 0 Å². The van der Waals surface area contributed by atoms with Gasteiger partial charge >= 0.3 is 6.18 Å². The molecule has 0 aliphatic rings. The van der Waals surface area contributed by atoms with Crippen molar-refractivity contribution >= 4 is 15.9 Å². The molecule has 1 aromatic carbocycles. The second-order valence-electron chi connectivity index (χ2n) is 4.01. The van der Waals surface area contributed by atoms with Crippen LogP contribution >= 0.6 is 15.9 Å². The van der Waals surface area contributed by atoms with E-state index in [2.05, 4.69) is 21.2 Å². The SMILES string of the molecule is CNC(c1ccoc1)c1ccc(Br)cc1C(F)(F)F. The molecule has 6 heteroatoms. The summed E-state index contributed by atoms with van der Waals surface area (Å²) in [5.41, 5.74) is 0.150. The van der Waals surface area contributed by atoms with E-state index in [1.54, 1.807) is 19.2 Å². The average molecular weight is 334 g/mol. The molecule has 0 spiro atoms. The van der Waals surface area contributed by atoms with E-state index in [0.29, 0.717) is 10.0 Å². The lowest BCUT2D eigenvalue weighted by atomic mass is 9.96. The average Bonchev–Trinajstić information content (AvgIpc) is 2.84. The zero-order valence-electron chi connectivity index (χ0n) is 9.96. The van der Waals surface area contributed by atoms with Gasteiger partial charge in [0.05, 0.1) is 24.1 Å². The summed E-state index contributed by atoms with van der Waals surface area (Å²) in [7, 11) is 1.61. The maximum atomic E-state index is 13.1. The minimum atomic E-state index is -4.40. The lowest BCUT2D eigenvalue weighted by Gasteiger charge is -2.20. The summed E-state index contributed by atoms with van der Waals surface area (Å²) in [6, 6.07) is 5.21. The van der Waals surface area contributed by atoms with E-state index in [4.69, 9.17) is 4.42 Å². The Labute approximate surface area is 116 Å². The maximum Gasteiger partial charge on any atom is 0.416 e. The van der Waals surface area contributed by atoms with Crippen LogP contribution in [0.15, 0.2) is 45.7 Å². The number of rotatable bonds is 3. The van der Waals surface area contributed by atoms with Crippen molar-refractivity contribution in [1.82, 2.24) is 5.32 Å². The fraction of sp³-hybridized carbons (Fsp3) is 0.231. The van der Waals surface area contributed by atoms with Crippen LogP contribution in [-0.2, 0) is 6.18 Å². The molecule has 2 nitrogen and oxygen atoms in total. The summed E-state index contributed by atoms with van der Waals surface area (Å²) >= 11 is 3.07. The van der Waals surface area contributed by atoms with Gasteiger partial charge in [-0.05, 0) is 30.8 Å². The Bertz CT molecular complexity index is 552. The van der Waals surface area contributed by atoms with Gasteiger partial charge in [0, 0.05) is 10.0 Å². The molecule has 19 heavy (non-hydrogen) atoms. The Morgan fingerprint density at radius 3 is 2.53 bits per heavy atom. The second kappa shape index (κ2) is 5.38. The minimum Gasteiger partial charge on any atom is -0.472 e. The number of alkyl halides is 3. The molecule has 1 unspecified atom stereocenters. The van der Waals surface area contributed by atoms with E-state index in [0.717, 1.165) is 6.07 Å². The summed E-state index contributed by atoms with van der Waals surface area (Å²) in [4.78, 5) is 0. The first-order valence-corrected chi connectivity index (χ1v) is 6.29. The third-order valence-electron chi connectivity index (χ3n) is 2.80. The molecule has 0 amide bonds. The highest BCUT2D eigenvalue weighted by atomic mass is 79.9. The van der Waals surface area contributed by atoms with Crippen molar-refractivity contribution in [1.29, 1.82) is 0 Å². The summed E-state index contributed by atoms with van der Waals surface area (Å²) in [5, 5.41) is 2.88.